The molecule has 5 nitrogen and oxygen atoms in total. The van der Waals surface area contributed by atoms with Crippen LogP contribution in [0.5, 0.6) is 0 Å². The maximum Gasteiger partial charge on any atom is 0.346 e. The number of nitrogens with one attached hydrogen (secondary N) is 2. The van der Waals surface area contributed by atoms with Gasteiger partial charge in [-0.05, 0) is 38.3 Å². The standard InChI is InChI=1S/C16H17N3O2/c1-9-3-6-12(10(2)7-9)13-8-14(19-16(21)18-13)15(20)17-11-4-5-11/h3,6-8,11H,4-5H2,1-2H3,(H,17,20)(H,18,19,21). The van der Waals surface area contributed by atoms with Gasteiger partial charge in [0, 0.05) is 11.6 Å². The summed E-state index contributed by atoms with van der Waals surface area (Å²) in [5.74, 6) is -0.247. The Labute approximate surface area is 122 Å². The zero-order valence-corrected chi connectivity index (χ0v) is 12.1. The van der Waals surface area contributed by atoms with E-state index in [1.54, 1.807) is 6.07 Å². The number of amides is 1. The first-order chi connectivity index (χ1) is 10.0. The lowest BCUT2D eigenvalue weighted by Gasteiger charge is -2.08. The first-order valence-electron chi connectivity index (χ1n) is 7.03. The van der Waals surface area contributed by atoms with Gasteiger partial charge in [0.1, 0.15) is 5.69 Å². The van der Waals surface area contributed by atoms with Crippen molar-refractivity contribution in [3.63, 3.8) is 0 Å². The molecule has 0 unspecified atom stereocenters. The van der Waals surface area contributed by atoms with E-state index in [4.69, 9.17) is 0 Å². The number of aromatic amines is 1. The predicted molar refractivity (Wildman–Crippen MR) is 80.3 cm³/mol. The van der Waals surface area contributed by atoms with E-state index in [1.165, 1.54) is 0 Å². The van der Waals surface area contributed by atoms with Crippen LogP contribution in [0.4, 0.5) is 0 Å². The van der Waals surface area contributed by atoms with Crippen LogP contribution >= 0.6 is 0 Å². The summed E-state index contributed by atoms with van der Waals surface area (Å²) in [5.41, 5.74) is 3.32. The van der Waals surface area contributed by atoms with E-state index in [0.717, 1.165) is 29.5 Å². The largest absolute Gasteiger partial charge is 0.348 e. The molecule has 0 atom stereocenters. The average Bonchev–Trinajstić information content (AvgIpc) is 3.21. The highest BCUT2D eigenvalue weighted by Crippen LogP contribution is 2.22. The van der Waals surface area contributed by atoms with E-state index in [2.05, 4.69) is 15.3 Å². The fourth-order valence-electron chi connectivity index (χ4n) is 2.31. The number of rotatable bonds is 3. The molecule has 108 valence electrons. The highest BCUT2D eigenvalue weighted by molar-refractivity contribution is 5.93. The van der Waals surface area contributed by atoms with Gasteiger partial charge in [0.05, 0.1) is 5.69 Å². The second-order valence-electron chi connectivity index (χ2n) is 5.55. The Morgan fingerprint density at radius 3 is 2.71 bits per heavy atom. The van der Waals surface area contributed by atoms with Gasteiger partial charge in [0.25, 0.3) is 5.91 Å². The first kappa shape index (κ1) is 13.5. The highest BCUT2D eigenvalue weighted by atomic mass is 16.2. The number of carbonyl (C=O) groups excluding carboxylic acids is 1. The molecule has 1 saturated carbocycles. The summed E-state index contributed by atoms with van der Waals surface area (Å²) < 4.78 is 0. The molecule has 1 fully saturated rings. The number of aryl methyl sites for hydroxylation is 2. The molecule has 1 aromatic carbocycles. The predicted octanol–water partition coefficient (Wildman–Crippen LogP) is 1.95. The van der Waals surface area contributed by atoms with Crippen molar-refractivity contribution in [1.29, 1.82) is 0 Å². The van der Waals surface area contributed by atoms with Crippen LogP contribution in [0.25, 0.3) is 11.3 Å². The molecule has 0 bridgehead atoms. The van der Waals surface area contributed by atoms with Crippen molar-refractivity contribution in [1.82, 2.24) is 15.3 Å². The summed E-state index contributed by atoms with van der Waals surface area (Å²) in [6.07, 6.45) is 2.01. The molecule has 2 N–H and O–H groups in total. The minimum Gasteiger partial charge on any atom is -0.348 e. The molecule has 1 aliphatic rings. The molecular weight excluding hydrogens is 266 g/mol. The number of hydrogen-bond donors (Lipinski definition) is 2. The number of benzene rings is 1. The Morgan fingerprint density at radius 1 is 1.29 bits per heavy atom. The number of H-pyrrole nitrogens is 1. The molecule has 1 heterocycles. The van der Waals surface area contributed by atoms with Crippen LogP contribution in [0.15, 0.2) is 29.1 Å². The summed E-state index contributed by atoms with van der Waals surface area (Å²) in [6.45, 7) is 3.98. The molecular formula is C16H17N3O2. The number of nitrogens with zero attached hydrogens (tertiary/aromatic N) is 1. The summed E-state index contributed by atoms with van der Waals surface area (Å²) in [4.78, 5) is 30.3. The maximum atomic E-state index is 12.1. The van der Waals surface area contributed by atoms with Crippen molar-refractivity contribution in [3.8, 4) is 11.3 Å². The van der Waals surface area contributed by atoms with E-state index < -0.39 is 5.69 Å². The van der Waals surface area contributed by atoms with Crippen molar-refractivity contribution in [2.75, 3.05) is 0 Å². The molecule has 1 aliphatic carbocycles. The lowest BCUT2D eigenvalue weighted by Crippen LogP contribution is -2.29. The zero-order valence-electron chi connectivity index (χ0n) is 12.1. The Kier molecular flexibility index (Phi) is 3.33. The van der Waals surface area contributed by atoms with Crippen molar-refractivity contribution in [3.05, 3.63) is 51.6 Å². The van der Waals surface area contributed by atoms with Gasteiger partial charge in [-0.15, -0.1) is 0 Å². The second-order valence-corrected chi connectivity index (χ2v) is 5.55. The van der Waals surface area contributed by atoms with Crippen LogP contribution in [-0.2, 0) is 0 Å². The van der Waals surface area contributed by atoms with Crippen molar-refractivity contribution in [2.24, 2.45) is 0 Å². The minimum absolute atomic E-state index is 0.247. The van der Waals surface area contributed by atoms with Gasteiger partial charge >= 0.3 is 5.69 Å². The quantitative estimate of drug-likeness (QED) is 0.904. The smallest absolute Gasteiger partial charge is 0.346 e. The molecule has 0 radical (unpaired) electrons. The lowest BCUT2D eigenvalue weighted by molar-refractivity contribution is 0.0945. The van der Waals surface area contributed by atoms with E-state index in [9.17, 15) is 9.59 Å². The normalized spacial score (nSPS) is 14.0. The third-order valence-corrected chi connectivity index (χ3v) is 3.56. The molecule has 21 heavy (non-hydrogen) atoms. The van der Waals surface area contributed by atoms with Crippen LogP contribution in [0.3, 0.4) is 0 Å². The Hall–Kier alpha value is -2.43. The number of aromatic nitrogens is 2. The van der Waals surface area contributed by atoms with Crippen LogP contribution in [0.2, 0.25) is 0 Å². The van der Waals surface area contributed by atoms with Gasteiger partial charge in [-0.25, -0.2) is 4.79 Å². The third kappa shape index (κ3) is 3.02. The molecule has 3 rings (SSSR count). The zero-order chi connectivity index (χ0) is 15.0. The SMILES string of the molecule is Cc1ccc(-c2cc(C(=O)NC3CC3)[nH]c(=O)n2)c(C)c1. The van der Waals surface area contributed by atoms with E-state index in [0.29, 0.717) is 5.69 Å². The fourth-order valence-corrected chi connectivity index (χ4v) is 2.31. The molecule has 2 aromatic rings. The van der Waals surface area contributed by atoms with E-state index in [1.807, 2.05) is 32.0 Å². The summed E-state index contributed by atoms with van der Waals surface area (Å²) in [6, 6.07) is 7.81. The summed E-state index contributed by atoms with van der Waals surface area (Å²) >= 11 is 0. The van der Waals surface area contributed by atoms with E-state index in [-0.39, 0.29) is 17.6 Å². The monoisotopic (exact) mass is 283 g/mol. The van der Waals surface area contributed by atoms with Gasteiger partial charge < -0.3 is 10.3 Å². The lowest BCUT2D eigenvalue weighted by atomic mass is 10.0. The van der Waals surface area contributed by atoms with Crippen LogP contribution in [0.1, 0.15) is 34.5 Å². The summed E-state index contributed by atoms with van der Waals surface area (Å²) in [5, 5.41) is 2.86. The van der Waals surface area contributed by atoms with E-state index >= 15 is 0 Å². The van der Waals surface area contributed by atoms with Crippen molar-refractivity contribution >= 4 is 5.91 Å². The molecule has 0 saturated heterocycles. The molecule has 1 aromatic heterocycles. The average molecular weight is 283 g/mol. The van der Waals surface area contributed by atoms with Gasteiger partial charge in [-0.1, -0.05) is 23.8 Å². The van der Waals surface area contributed by atoms with Gasteiger partial charge in [-0.3, -0.25) is 4.79 Å². The van der Waals surface area contributed by atoms with Crippen LogP contribution in [-0.4, -0.2) is 21.9 Å². The van der Waals surface area contributed by atoms with Crippen LogP contribution < -0.4 is 11.0 Å². The highest BCUT2D eigenvalue weighted by Gasteiger charge is 2.24. The fraction of sp³-hybridized carbons (Fsp3) is 0.312. The van der Waals surface area contributed by atoms with Crippen molar-refractivity contribution < 1.29 is 4.79 Å². The molecule has 0 spiro atoms. The Balaban J connectivity index is 2.00. The number of hydrogen-bond acceptors (Lipinski definition) is 3. The maximum absolute atomic E-state index is 12.1. The first-order valence-corrected chi connectivity index (χ1v) is 7.03. The van der Waals surface area contributed by atoms with Crippen LogP contribution in [0, 0.1) is 13.8 Å². The second kappa shape index (κ2) is 5.16. The Morgan fingerprint density at radius 2 is 2.05 bits per heavy atom. The third-order valence-electron chi connectivity index (χ3n) is 3.56. The van der Waals surface area contributed by atoms with Gasteiger partial charge in [-0.2, -0.15) is 4.98 Å². The Bertz CT molecular complexity index is 760. The topological polar surface area (TPSA) is 74.8 Å². The molecule has 5 heteroatoms. The molecule has 0 aliphatic heterocycles. The van der Waals surface area contributed by atoms with Crippen molar-refractivity contribution in [2.45, 2.75) is 32.7 Å². The number of carbonyl (C=O) groups is 1. The molecule has 1 amide bonds. The summed E-state index contributed by atoms with van der Waals surface area (Å²) in [7, 11) is 0. The minimum atomic E-state index is -0.506. The van der Waals surface area contributed by atoms with Gasteiger partial charge in [0.15, 0.2) is 0 Å². The van der Waals surface area contributed by atoms with Gasteiger partial charge in [0.2, 0.25) is 0 Å².